The molecule has 88 valence electrons. The lowest BCUT2D eigenvalue weighted by Gasteiger charge is -2.16. The van der Waals surface area contributed by atoms with Crippen LogP contribution in [-0.4, -0.2) is 19.6 Å². The first-order valence-corrected chi connectivity index (χ1v) is 5.31. The van der Waals surface area contributed by atoms with Gasteiger partial charge in [0.05, 0.1) is 13.2 Å². The van der Waals surface area contributed by atoms with Crippen molar-refractivity contribution < 1.29 is 9.53 Å². The number of rotatable bonds is 5. The van der Waals surface area contributed by atoms with Gasteiger partial charge in [-0.25, -0.2) is 0 Å². The van der Waals surface area contributed by atoms with E-state index in [4.69, 9.17) is 10.5 Å². The van der Waals surface area contributed by atoms with E-state index in [-0.39, 0.29) is 11.9 Å². The number of carbonyl (C=O) groups is 1. The lowest BCUT2D eigenvalue weighted by atomic mass is 10.1. The number of hydrogen-bond acceptors (Lipinski definition) is 3. The number of benzene rings is 1. The van der Waals surface area contributed by atoms with Gasteiger partial charge in [0.2, 0.25) is 5.91 Å². The largest absolute Gasteiger partial charge is 0.496 e. The fourth-order valence-electron chi connectivity index (χ4n) is 1.55. The fourth-order valence-corrected chi connectivity index (χ4v) is 1.55. The number of nitrogens with two attached hydrogens (primary N) is 1. The minimum atomic E-state index is -0.0739. The Morgan fingerprint density at radius 1 is 1.50 bits per heavy atom. The van der Waals surface area contributed by atoms with Gasteiger partial charge in [-0.3, -0.25) is 4.79 Å². The molecule has 0 saturated carbocycles. The van der Waals surface area contributed by atoms with Crippen molar-refractivity contribution in [1.82, 2.24) is 5.32 Å². The molecule has 4 nitrogen and oxygen atoms in total. The summed E-state index contributed by atoms with van der Waals surface area (Å²) in [5.74, 6) is 0.740. The Morgan fingerprint density at radius 2 is 2.19 bits per heavy atom. The van der Waals surface area contributed by atoms with E-state index in [0.717, 1.165) is 11.3 Å². The van der Waals surface area contributed by atoms with Crippen LogP contribution in [0.5, 0.6) is 5.75 Å². The van der Waals surface area contributed by atoms with E-state index in [9.17, 15) is 4.79 Å². The summed E-state index contributed by atoms with van der Waals surface area (Å²) in [6, 6.07) is 7.56. The van der Waals surface area contributed by atoms with E-state index in [1.54, 1.807) is 7.11 Å². The van der Waals surface area contributed by atoms with Gasteiger partial charge in [-0.1, -0.05) is 18.2 Å². The maximum absolute atomic E-state index is 11.4. The zero-order chi connectivity index (χ0) is 12.0. The van der Waals surface area contributed by atoms with Gasteiger partial charge in [-0.2, -0.15) is 0 Å². The number of amides is 1. The molecule has 0 aliphatic heterocycles. The van der Waals surface area contributed by atoms with Crippen molar-refractivity contribution in [2.75, 3.05) is 13.7 Å². The number of hydrogen-bond donors (Lipinski definition) is 2. The Bertz CT molecular complexity index is 353. The average molecular weight is 222 g/mol. The third-order valence-corrected chi connectivity index (χ3v) is 2.35. The van der Waals surface area contributed by atoms with Crippen LogP contribution in [0.3, 0.4) is 0 Å². The summed E-state index contributed by atoms with van der Waals surface area (Å²) in [6.07, 6.45) is 0.347. The quantitative estimate of drug-likeness (QED) is 0.787. The van der Waals surface area contributed by atoms with Crippen LogP contribution < -0.4 is 15.8 Å². The van der Waals surface area contributed by atoms with E-state index < -0.39 is 0 Å². The van der Waals surface area contributed by atoms with Crippen LogP contribution in [0.15, 0.2) is 24.3 Å². The van der Waals surface area contributed by atoms with Crippen molar-refractivity contribution in [3.63, 3.8) is 0 Å². The summed E-state index contributed by atoms with van der Waals surface area (Å²) in [5, 5.41) is 2.87. The summed E-state index contributed by atoms with van der Waals surface area (Å²) in [4.78, 5) is 11.4. The highest BCUT2D eigenvalue weighted by atomic mass is 16.5. The van der Waals surface area contributed by atoms with Crippen LogP contribution in [0.25, 0.3) is 0 Å². The second kappa shape index (κ2) is 6.12. The van der Waals surface area contributed by atoms with Crippen molar-refractivity contribution in [1.29, 1.82) is 0 Å². The molecule has 1 aromatic rings. The average Bonchev–Trinajstić information content (AvgIpc) is 2.29. The first kappa shape index (κ1) is 12.5. The Hall–Kier alpha value is -1.55. The smallest absolute Gasteiger partial charge is 0.221 e. The number of methoxy groups -OCH3 is 1. The third-order valence-electron chi connectivity index (χ3n) is 2.35. The van der Waals surface area contributed by atoms with Crippen LogP contribution >= 0.6 is 0 Å². The van der Waals surface area contributed by atoms with E-state index in [1.165, 1.54) is 0 Å². The number of carbonyl (C=O) groups excluding carboxylic acids is 1. The second-order valence-electron chi connectivity index (χ2n) is 3.57. The Morgan fingerprint density at radius 3 is 2.81 bits per heavy atom. The molecule has 4 heteroatoms. The topological polar surface area (TPSA) is 64.3 Å². The third kappa shape index (κ3) is 3.24. The lowest BCUT2D eigenvalue weighted by molar-refractivity contribution is -0.121. The molecular weight excluding hydrogens is 204 g/mol. The molecule has 0 spiro atoms. The molecular formula is C12H18N2O2. The summed E-state index contributed by atoms with van der Waals surface area (Å²) in [7, 11) is 1.62. The minimum absolute atomic E-state index is 0.0408. The van der Waals surface area contributed by atoms with Crippen LogP contribution in [0, 0.1) is 0 Å². The standard InChI is InChI=1S/C12H18N2O2/c1-9(14-12(15)7-8-13)10-5-3-4-6-11(10)16-2/h3-6,9H,7-8,13H2,1-2H3,(H,14,15)/t9-/m1/s1. The molecule has 1 rings (SSSR count). The monoisotopic (exact) mass is 222 g/mol. The summed E-state index contributed by atoms with van der Waals surface area (Å²) in [5.41, 5.74) is 6.28. The van der Waals surface area contributed by atoms with Crippen molar-refractivity contribution in [2.45, 2.75) is 19.4 Å². The molecule has 16 heavy (non-hydrogen) atoms. The summed E-state index contributed by atoms with van der Waals surface area (Å²) < 4.78 is 5.23. The molecule has 1 aromatic carbocycles. The van der Waals surface area contributed by atoms with Crippen molar-refractivity contribution in [2.24, 2.45) is 5.73 Å². The maximum atomic E-state index is 11.4. The zero-order valence-corrected chi connectivity index (χ0v) is 9.69. The SMILES string of the molecule is COc1ccccc1[C@@H](C)NC(=O)CCN. The van der Waals surface area contributed by atoms with Crippen LogP contribution in [-0.2, 0) is 4.79 Å². The van der Waals surface area contributed by atoms with Gasteiger partial charge >= 0.3 is 0 Å². The normalized spacial score (nSPS) is 11.9. The highest BCUT2D eigenvalue weighted by Crippen LogP contribution is 2.24. The van der Waals surface area contributed by atoms with Crippen molar-refractivity contribution in [3.8, 4) is 5.75 Å². The maximum Gasteiger partial charge on any atom is 0.221 e. The van der Waals surface area contributed by atoms with E-state index in [1.807, 2.05) is 31.2 Å². The molecule has 0 unspecified atom stereocenters. The number of nitrogens with one attached hydrogen (secondary N) is 1. The summed E-state index contributed by atoms with van der Waals surface area (Å²) >= 11 is 0. The molecule has 0 aliphatic carbocycles. The highest BCUT2D eigenvalue weighted by molar-refractivity contribution is 5.76. The molecule has 1 atom stereocenters. The predicted octanol–water partition coefficient (Wildman–Crippen LogP) is 1.22. The van der Waals surface area contributed by atoms with Gasteiger partial charge in [0.15, 0.2) is 0 Å². The van der Waals surface area contributed by atoms with E-state index >= 15 is 0 Å². The zero-order valence-electron chi connectivity index (χ0n) is 9.69. The first-order valence-electron chi connectivity index (χ1n) is 5.31. The van der Waals surface area contributed by atoms with Crippen LogP contribution in [0.1, 0.15) is 24.9 Å². The second-order valence-corrected chi connectivity index (χ2v) is 3.57. The van der Waals surface area contributed by atoms with Gasteiger partial charge in [-0.05, 0) is 13.0 Å². The molecule has 0 radical (unpaired) electrons. The van der Waals surface area contributed by atoms with Crippen LogP contribution in [0.2, 0.25) is 0 Å². The molecule has 0 bridgehead atoms. The van der Waals surface area contributed by atoms with Crippen LogP contribution in [0.4, 0.5) is 0 Å². The van der Waals surface area contributed by atoms with Gasteiger partial charge in [0.25, 0.3) is 0 Å². The Kier molecular flexibility index (Phi) is 4.79. The fraction of sp³-hybridized carbons (Fsp3) is 0.417. The van der Waals surface area contributed by atoms with Gasteiger partial charge in [0.1, 0.15) is 5.75 Å². The molecule has 3 N–H and O–H groups in total. The number of para-hydroxylation sites is 1. The van der Waals surface area contributed by atoms with E-state index in [0.29, 0.717) is 13.0 Å². The molecule has 1 amide bonds. The molecule has 0 fully saturated rings. The Labute approximate surface area is 95.8 Å². The molecule has 0 aliphatic rings. The van der Waals surface area contributed by atoms with Gasteiger partial charge < -0.3 is 15.8 Å². The van der Waals surface area contributed by atoms with Gasteiger partial charge in [-0.15, -0.1) is 0 Å². The van der Waals surface area contributed by atoms with E-state index in [2.05, 4.69) is 5.32 Å². The number of ether oxygens (including phenoxy) is 1. The molecule has 0 aromatic heterocycles. The predicted molar refractivity (Wildman–Crippen MR) is 63.2 cm³/mol. The Balaban J connectivity index is 2.72. The molecule has 0 heterocycles. The van der Waals surface area contributed by atoms with Crippen molar-refractivity contribution >= 4 is 5.91 Å². The van der Waals surface area contributed by atoms with Gasteiger partial charge in [0, 0.05) is 18.5 Å². The minimum Gasteiger partial charge on any atom is -0.496 e. The first-order chi connectivity index (χ1) is 7.69. The molecule has 0 saturated heterocycles. The summed E-state index contributed by atoms with van der Waals surface area (Å²) in [6.45, 7) is 2.29. The van der Waals surface area contributed by atoms with Crippen molar-refractivity contribution in [3.05, 3.63) is 29.8 Å². The lowest BCUT2D eigenvalue weighted by Crippen LogP contribution is -2.28. The highest BCUT2D eigenvalue weighted by Gasteiger charge is 2.12.